The molecule has 1 atom stereocenters. The maximum absolute atomic E-state index is 12.6. The highest BCUT2D eigenvalue weighted by atomic mass is 19.4. The number of aliphatic carboxylic acids is 1. The van der Waals surface area contributed by atoms with Crippen LogP contribution in [0.4, 0.5) is 13.2 Å². The van der Waals surface area contributed by atoms with Crippen LogP contribution in [-0.2, 0) is 9.59 Å². The van der Waals surface area contributed by atoms with Crippen molar-refractivity contribution in [2.45, 2.75) is 31.5 Å². The van der Waals surface area contributed by atoms with Crippen LogP contribution < -0.4 is 11.1 Å². The van der Waals surface area contributed by atoms with E-state index in [1.54, 1.807) is 5.32 Å². The van der Waals surface area contributed by atoms with Crippen molar-refractivity contribution in [3.63, 3.8) is 0 Å². The first kappa shape index (κ1) is 13.8. The minimum absolute atomic E-state index is 0.0909. The third-order valence-electron chi connectivity index (χ3n) is 3.08. The number of carboxylic acid groups (broad SMARTS) is 1. The number of carbonyl (C=O) groups excluding carboxylic acids is 1. The van der Waals surface area contributed by atoms with Crippen LogP contribution in [0.1, 0.15) is 19.8 Å². The molecule has 0 saturated heterocycles. The van der Waals surface area contributed by atoms with Crippen LogP contribution >= 0.6 is 0 Å². The number of amides is 1. The molecule has 1 unspecified atom stereocenters. The Kier molecular flexibility index (Phi) is 3.13. The monoisotopic (exact) mass is 254 g/mol. The second-order valence-electron chi connectivity index (χ2n) is 4.37. The number of nitrogens with two attached hydrogens (primary N) is 1. The molecule has 5 nitrogen and oxygen atoms in total. The van der Waals surface area contributed by atoms with Gasteiger partial charge in [0.15, 0.2) is 0 Å². The van der Waals surface area contributed by atoms with E-state index in [-0.39, 0.29) is 6.54 Å². The Morgan fingerprint density at radius 1 is 1.41 bits per heavy atom. The van der Waals surface area contributed by atoms with Gasteiger partial charge in [0, 0.05) is 6.54 Å². The highest BCUT2D eigenvalue weighted by Gasteiger charge is 2.61. The summed E-state index contributed by atoms with van der Waals surface area (Å²) in [5.74, 6) is -3.10. The Bertz CT molecular complexity index is 352. The number of carbonyl (C=O) groups is 2. The van der Waals surface area contributed by atoms with E-state index in [0.29, 0.717) is 19.8 Å². The number of rotatable bonds is 4. The van der Waals surface area contributed by atoms with Crippen LogP contribution in [0.25, 0.3) is 0 Å². The summed E-state index contributed by atoms with van der Waals surface area (Å²) in [6.45, 7) is 0.326. The SMILES string of the molecule is CC(NC(=O)C1(CN)CC1)(C(=O)O)C(F)(F)F. The third kappa shape index (κ3) is 2.21. The van der Waals surface area contributed by atoms with Crippen LogP contribution in [0.2, 0.25) is 0 Å². The number of halogens is 3. The Hall–Kier alpha value is -1.31. The Morgan fingerprint density at radius 3 is 2.12 bits per heavy atom. The number of carboxylic acids is 1. The van der Waals surface area contributed by atoms with Crippen molar-refractivity contribution in [3.05, 3.63) is 0 Å². The zero-order chi connectivity index (χ0) is 13.5. The molecular weight excluding hydrogens is 241 g/mol. The minimum Gasteiger partial charge on any atom is -0.479 e. The summed E-state index contributed by atoms with van der Waals surface area (Å²) < 4.78 is 37.8. The predicted molar refractivity (Wildman–Crippen MR) is 51.0 cm³/mol. The van der Waals surface area contributed by atoms with Crippen molar-refractivity contribution in [2.75, 3.05) is 6.54 Å². The molecule has 1 saturated carbocycles. The van der Waals surface area contributed by atoms with Crippen molar-refractivity contribution in [3.8, 4) is 0 Å². The summed E-state index contributed by atoms with van der Waals surface area (Å²) >= 11 is 0. The van der Waals surface area contributed by atoms with Gasteiger partial charge in [0.25, 0.3) is 0 Å². The first-order valence-electron chi connectivity index (χ1n) is 4.92. The van der Waals surface area contributed by atoms with E-state index in [0.717, 1.165) is 0 Å². The van der Waals surface area contributed by atoms with Crippen molar-refractivity contribution in [1.82, 2.24) is 5.32 Å². The lowest BCUT2D eigenvalue weighted by atomic mass is 9.98. The fourth-order valence-electron chi connectivity index (χ4n) is 1.28. The quantitative estimate of drug-likeness (QED) is 0.670. The van der Waals surface area contributed by atoms with Gasteiger partial charge in [-0.3, -0.25) is 4.79 Å². The van der Waals surface area contributed by atoms with Crippen LogP contribution in [0.15, 0.2) is 0 Å². The van der Waals surface area contributed by atoms with E-state index < -0.39 is 29.0 Å². The average molecular weight is 254 g/mol. The van der Waals surface area contributed by atoms with E-state index in [1.807, 2.05) is 0 Å². The highest BCUT2D eigenvalue weighted by Crippen LogP contribution is 2.45. The summed E-state index contributed by atoms with van der Waals surface area (Å²) in [4.78, 5) is 22.2. The summed E-state index contributed by atoms with van der Waals surface area (Å²) in [5, 5.41) is 10.2. The Balaban J connectivity index is 2.90. The molecule has 1 rings (SSSR count). The van der Waals surface area contributed by atoms with Gasteiger partial charge in [0.1, 0.15) is 0 Å². The second-order valence-corrected chi connectivity index (χ2v) is 4.37. The van der Waals surface area contributed by atoms with Crippen LogP contribution in [0.3, 0.4) is 0 Å². The minimum atomic E-state index is -5.07. The van der Waals surface area contributed by atoms with Crippen LogP contribution in [0.5, 0.6) is 0 Å². The maximum atomic E-state index is 12.6. The molecule has 0 radical (unpaired) electrons. The van der Waals surface area contributed by atoms with Crippen molar-refractivity contribution in [2.24, 2.45) is 11.1 Å². The molecular formula is C9H13F3N2O3. The molecule has 4 N–H and O–H groups in total. The molecule has 1 fully saturated rings. The first-order chi connectivity index (χ1) is 7.59. The second kappa shape index (κ2) is 3.86. The van der Waals surface area contributed by atoms with Gasteiger partial charge in [-0.15, -0.1) is 0 Å². The number of alkyl halides is 3. The molecule has 0 aromatic heterocycles. The zero-order valence-corrected chi connectivity index (χ0v) is 9.10. The molecule has 0 aliphatic heterocycles. The molecule has 0 spiro atoms. The number of hydrogen-bond donors (Lipinski definition) is 3. The van der Waals surface area contributed by atoms with Crippen molar-refractivity contribution in [1.29, 1.82) is 0 Å². The van der Waals surface area contributed by atoms with Gasteiger partial charge in [-0.2, -0.15) is 13.2 Å². The highest BCUT2D eigenvalue weighted by molar-refractivity contribution is 5.92. The standard InChI is InChI=1S/C9H13F3N2O3/c1-7(6(16)17,9(10,11)12)14-5(15)8(4-13)2-3-8/h2-4,13H2,1H3,(H,14,15)(H,16,17). The van der Waals surface area contributed by atoms with E-state index in [1.165, 1.54) is 0 Å². The molecule has 8 heteroatoms. The maximum Gasteiger partial charge on any atom is 0.422 e. The summed E-state index contributed by atoms with van der Waals surface area (Å²) in [6.07, 6.45) is -4.31. The topological polar surface area (TPSA) is 92.4 Å². The van der Waals surface area contributed by atoms with E-state index in [4.69, 9.17) is 10.8 Å². The Labute approximate surface area is 95.2 Å². The molecule has 0 bridgehead atoms. The third-order valence-corrected chi connectivity index (χ3v) is 3.08. The van der Waals surface area contributed by atoms with E-state index >= 15 is 0 Å². The average Bonchev–Trinajstić information content (AvgIpc) is 2.95. The van der Waals surface area contributed by atoms with Gasteiger partial charge in [0.05, 0.1) is 5.41 Å². The normalized spacial score (nSPS) is 21.5. The van der Waals surface area contributed by atoms with Gasteiger partial charge in [-0.05, 0) is 19.8 Å². The fraction of sp³-hybridized carbons (Fsp3) is 0.778. The lowest BCUT2D eigenvalue weighted by Crippen LogP contribution is -2.63. The van der Waals surface area contributed by atoms with Crippen molar-refractivity contribution >= 4 is 11.9 Å². The molecule has 0 aromatic rings. The number of hydrogen-bond acceptors (Lipinski definition) is 3. The van der Waals surface area contributed by atoms with Gasteiger partial charge in [-0.25, -0.2) is 4.79 Å². The predicted octanol–water partition coefficient (Wildman–Crippen LogP) is 0.247. The summed E-state index contributed by atoms with van der Waals surface area (Å²) in [7, 11) is 0. The van der Waals surface area contributed by atoms with Gasteiger partial charge in [-0.1, -0.05) is 0 Å². The fourth-order valence-corrected chi connectivity index (χ4v) is 1.28. The van der Waals surface area contributed by atoms with E-state index in [2.05, 4.69) is 0 Å². The largest absolute Gasteiger partial charge is 0.479 e. The van der Waals surface area contributed by atoms with Crippen LogP contribution in [0, 0.1) is 5.41 Å². The summed E-state index contributed by atoms with van der Waals surface area (Å²) in [6, 6.07) is 0. The smallest absolute Gasteiger partial charge is 0.422 e. The zero-order valence-electron chi connectivity index (χ0n) is 9.10. The molecule has 1 amide bonds. The van der Waals surface area contributed by atoms with Gasteiger partial charge < -0.3 is 16.2 Å². The first-order valence-corrected chi connectivity index (χ1v) is 4.92. The number of nitrogens with one attached hydrogen (secondary N) is 1. The summed E-state index contributed by atoms with van der Waals surface area (Å²) in [5.41, 5.74) is 0.975. The van der Waals surface area contributed by atoms with Crippen LogP contribution in [-0.4, -0.2) is 35.2 Å². The molecule has 1 aliphatic rings. The van der Waals surface area contributed by atoms with Crippen molar-refractivity contribution < 1.29 is 27.9 Å². The lowest BCUT2D eigenvalue weighted by molar-refractivity contribution is -0.207. The Morgan fingerprint density at radius 2 is 1.88 bits per heavy atom. The van der Waals surface area contributed by atoms with E-state index in [9.17, 15) is 22.8 Å². The molecule has 17 heavy (non-hydrogen) atoms. The molecule has 0 heterocycles. The lowest BCUT2D eigenvalue weighted by Gasteiger charge is -2.30. The molecule has 98 valence electrons. The van der Waals surface area contributed by atoms with Gasteiger partial charge >= 0.3 is 12.1 Å². The molecule has 0 aromatic carbocycles. The molecule has 1 aliphatic carbocycles. The van der Waals surface area contributed by atoms with Gasteiger partial charge in [0.2, 0.25) is 11.4 Å².